The number of carbonyl (C=O) groups is 2. The van der Waals surface area contributed by atoms with E-state index in [1.54, 1.807) is 17.4 Å². The average molecular weight is 381 g/mol. The Balaban J connectivity index is 1.21. The lowest BCUT2D eigenvalue weighted by atomic mass is 9.99. The maximum atomic E-state index is 12.4. The number of hydrogen-bond acceptors (Lipinski definition) is 4. The van der Waals surface area contributed by atoms with Gasteiger partial charge in [-0.1, -0.05) is 0 Å². The van der Waals surface area contributed by atoms with Crippen molar-refractivity contribution in [2.45, 2.75) is 20.4 Å². The lowest BCUT2D eigenvalue weighted by Gasteiger charge is -2.38. The molecule has 3 N–H and O–H groups in total. The maximum absolute atomic E-state index is 12.4. The van der Waals surface area contributed by atoms with E-state index in [2.05, 4.69) is 25.8 Å². The van der Waals surface area contributed by atoms with E-state index in [0.29, 0.717) is 26.2 Å². The minimum Gasteiger partial charge on any atom is -0.336 e. The number of carbonyl (C=O) groups excluding carboxylic acids is 2. The molecule has 0 saturated carbocycles. The molecule has 3 amide bonds. The van der Waals surface area contributed by atoms with Gasteiger partial charge in [0.05, 0.1) is 29.7 Å². The molecule has 0 atom stereocenters. The molecule has 28 heavy (non-hydrogen) atoms. The first kappa shape index (κ1) is 18.0. The number of hydrogen-bond donors (Lipinski definition) is 3. The number of H-pyrrole nitrogens is 1. The molecular weight excluding hydrogens is 358 g/mol. The number of aryl methyl sites for hydroxylation is 1. The van der Waals surface area contributed by atoms with Crippen molar-refractivity contribution < 1.29 is 9.59 Å². The summed E-state index contributed by atoms with van der Waals surface area (Å²) in [6.07, 6.45) is 3.49. The standard InChI is InChI=1S/C19H23N7O2/c1-12-13(2)25(11-21-12)6-5-20-19(28)26-9-15(10-26)18(27)23-16-3-4-17-14(7-16)8-22-24-17/h3-4,7-8,11,15H,5-6,9-10H2,1-2H3,(H,20,28)(H,22,24)(H,23,27). The van der Waals surface area contributed by atoms with Gasteiger partial charge in [0.2, 0.25) is 5.91 Å². The second-order valence-corrected chi connectivity index (χ2v) is 7.10. The van der Waals surface area contributed by atoms with Gasteiger partial charge in [0.1, 0.15) is 0 Å². The smallest absolute Gasteiger partial charge is 0.317 e. The summed E-state index contributed by atoms with van der Waals surface area (Å²) in [7, 11) is 0. The Kier molecular flexibility index (Phi) is 4.72. The minimum atomic E-state index is -0.190. The van der Waals surface area contributed by atoms with Crippen LogP contribution in [0, 0.1) is 19.8 Å². The van der Waals surface area contributed by atoms with Crippen LogP contribution in [-0.4, -0.2) is 56.2 Å². The van der Waals surface area contributed by atoms with E-state index in [4.69, 9.17) is 0 Å². The number of imidazole rings is 1. The fourth-order valence-corrected chi connectivity index (χ4v) is 3.24. The van der Waals surface area contributed by atoms with Crippen molar-refractivity contribution in [2.75, 3.05) is 25.0 Å². The van der Waals surface area contributed by atoms with Gasteiger partial charge in [-0.2, -0.15) is 5.10 Å². The first-order valence-electron chi connectivity index (χ1n) is 9.26. The lowest BCUT2D eigenvalue weighted by Crippen LogP contribution is -2.57. The monoisotopic (exact) mass is 381 g/mol. The van der Waals surface area contributed by atoms with Gasteiger partial charge in [-0.15, -0.1) is 0 Å². The number of aromatic nitrogens is 4. The molecule has 3 aromatic rings. The first-order chi connectivity index (χ1) is 13.5. The SMILES string of the molecule is Cc1ncn(CCNC(=O)N2CC(C(=O)Nc3ccc4[nH]ncc4c3)C2)c1C. The van der Waals surface area contributed by atoms with Crippen LogP contribution in [0.15, 0.2) is 30.7 Å². The van der Waals surface area contributed by atoms with Crippen molar-refractivity contribution in [3.63, 3.8) is 0 Å². The van der Waals surface area contributed by atoms with Crippen LogP contribution < -0.4 is 10.6 Å². The third kappa shape index (κ3) is 3.55. The summed E-state index contributed by atoms with van der Waals surface area (Å²) >= 11 is 0. The van der Waals surface area contributed by atoms with Gasteiger partial charge < -0.3 is 20.1 Å². The number of likely N-dealkylation sites (tertiary alicyclic amines) is 1. The number of nitrogens with zero attached hydrogens (tertiary/aromatic N) is 4. The Labute approximate surface area is 162 Å². The molecule has 146 valence electrons. The predicted molar refractivity (Wildman–Crippen MR) is 105 cm³/mol. The van der Waals surface area contributed by atoms with Crippen LogP contribution in [0.1, 0.15) is 11.4 Å². The van der Waals surface area contributed by atoms with Crippen LogP contribution in [0.25, 0.3) is 10.9 Å². The Morgan fingerprint density at radius 3 is 2.86 bits per heavy atom. The highest BCUT2D eigenvalue weighted by atomic mass is 16.2. The van der Waals surface area contributed by atoms with Gasteiger partial charge in [0.25, 0.3) is 0 Å². The highest BCUT2D eigenvalue weighted by Crippen LogP contribution is 2.20. The zero-order chi connectivity index (χ0) is 19.7. The van der Waals surface area contributed by atoms with Gasteiger partial charge in [-0.25, -0.2) is 9.78 Å². The van der Waals surface area contributed by atoms with E-state index in [1.165, 1.54) is 0 Å². The van der Waals surface area contributed by atoms with Crippen molar-refractivity contribution in [1.82, 2.24) is 30.0 Å². The van der Waals surface area contributed by atoms with Crippen molar-refractivity contribution in [1.29, 1.82) is 0 Å². The Hall–Kier alpha value is -3.36. The second kappa shape index (κ2) is 7.34. The third-order valence-electron chi connectivity index (χ3n) is 5.22. The molecule has 0 spiro atoms. The number of rotatable bonds is 5. The fraction of sp³-hybridized carbons (Fsp3) is 0.368. The Morgan fingerprint density at radius 1 is 1.29 bits per heavy atom. The molecule has 0 bridgehead atoms. The number of anilines is 1. The number of benzene rings is 1. The Bertz CT molecular complexity index is 1020. The molecule has 0 unspecified atom stereocenters. The molecule has 2 aromatic heterocycles. The largest absolute Gasteiger partial charge is 0.336 e. The normalized spacial score (nSPS) is 14.1. The van der Waals surface area contributed by atoms with E-state index in [0.717, 1.165) is 28.0 Å². The van der Waals surface area contributed by atoms with E-state index >= 15 is 0 Å². The summed E-state index contributed by atoms with van der Waals surface area (Å²) < 4.78 is 2.01. The first-order valence-corrected chi connectivity index (χ1v) is 9.26. The summed E-state index contributed by atoms with van der Waals surface area (Å²) in [6.45, 7) is 6.01. The number of urea groups is 1. The molecule has 1 aliphatic heterocycles. The summed E-state index contributed by atoms with van der Waals surface area (Å²) in [5, 5.41) is 13.6. The quantitative estimate of drug-likeness (QED) is 0.624. The van der Waals surface area contributed by atoms with E-state index < -0.39 is 0 Å². The summed E-state index contributed by atoms with van der Waals surface area (Å²) in [5.74, 6) is -0.263. The third-order valence-corrected chi connectivity index (χ3v) is 5.22. The van der Waals surface area contributed by atoms with Crippen LogP contribution in [-0.2, 0) is 11.3 Å². The zero-order valence-corrected chi connectivity index (χ0v) is 15.9. The molecule has 3 heterocycles. The van der Waals surface area contributed by atoms with Crippen molar-refractivity contribution in [3.8, 4) is 0 Å². The van der Waals surface area contributed by atoms with Gasteiger partial charge in [-0.05, 0) is 32.0 Å². The molecular formula is C19H23N7O2. The van der Waals surface area contributed by atoms with Crippen LogP contribution in [0.2, 0.25) is 0 Å². The summed E-state index contributed by atoms with van der Waals surface area (Å²) in [6, 6.07) is 5.45. The number of aromatic amines is 1. The van der Waals surface area contributed by atoms with Crippen molar-refractivity contribution >= 4 is 28.5 Å². The predicted octanol–water partition coefficient (Wildman–Crippen LogP) is 1.66. The average Bonchev–Trinajstić information content (AvgIpc) is 3.21. The van der Waals surface area contributed by atoms with E-state index in [-0.39, 0.29) is 17.9 Å². The molecule has 1 saturated heterocycles. The van der Waals surface area contributed by atoms with Gasteiger partial charge in [-0.3, -0.25) is 9.89 Å². The second-order valence-electron chi connectivity index (χ2n) is 7.10. The molecule has 1 fully saturated rings. The van der Waals surface area contributed by atoms with E-state index in [1.807, 2.05) is 36.6 Å². The summed E-state index contributed by atoms with van der Waals surface area (Å²) in [5.41, 5.74) is 3.75. The maximum Gasteiger partial charge on any atom is 0.317 e. The Morgan fingerprint density at radius 2 is 2.11 bits per heavy atom. The zero-order valence-electron chi connectivity index (χ0n) is 15.9. The van der Waals surface area contributed by atoms with Crippen molar-refractivity contribution in [2.24, 2.45) is 5.92 Å². The number of amides is 3. The van der Waals surface area contributed by atoms with Crippen LogP contribution in [0.4, 0.5) is 10.5 Å². The minimum absolute atomic E-state index is 0.0728. The fourth-order valence-electron chi connectivity index (χ4n) is 3.24. The summed E-state index contributed by atoms with van der Waals surface area (Å²) in [4.78, 5) is 30.5. The van der Waals surface area contributed by atoms with Gasteiger partial charge in [0.15, 0.2) is 0 Å². The van der Waals surface area contributed by atoms with Crippen LogP contribution >= 0.6 is 0 Å². The molecule has 1 aliphatic rings. The molecule has 9 heteroatoms. The van der Waals surface area contributed by atoms with Crippen molar-refractivity contribution in [3.05, 3.63) is 42.1 Å². The van der Waals surface area contributed by atoms with Gasteiger partial charge >= 0.3 is 6.03 Å². The van der Waals surface area contributed by atoms with Crippen LogP contribution in [0.5, 0.6) is 0 Å². The molecule has 0 aliphatic carbocycles. The van der Waals surface area contributed by atoms with Crippen LogP contribution in [0.3, 0.4) is 0 Å². The van der Waals surface area contributed by atoms with E-state index in [9.17, 15) is 9.59 Å². The molecule has 1 aromatic carbocycles. The number of fused-ring (bicyclic) bond motifs is 1. The molecule has 9 nitrogen and oxygen atoms in total. The van der Waals surface area contributed by atoms with Gasteiger partial charge in [0, 0.05) is 42.9 Å². The highest BCUT2D eigenvalue weighted by molar-refractivity contribution is 5.96. The highest BCUT2D eigenvalue weighted by Gasteiger charge is 2.35. The molecule has 4 rings (SSSR count). The topological polar surface area (TPSA) is 108 Å². The lowest BCUT2D eigenvalue weighted by molar-refractivity contribution is -0.123. The molecule has 0 radical (unpaired) electrons. The number of nitrogens with one attached hydrogen (secondary N) is 3.